The molecule has 5 rings (SSSR count). The van der Waals surface area contributed by atoms with Crippen LogP contribution in [0.25, 0.3) is 10.6 Å². The molecule has 0 saturated heterocycles. The minimum absolute atomic E-state index is 0.00693. The number of aromatic nitrogens is 3. The summed E-state index contributed by atoms with van der Waals surface area (Å²) < 4.78 is 11.6. The monoisotopic (exact) mass is 476 g/mol. The fourth-order valence-corrected chi connectivity index (χ4v) is 4.43. The predicted octanol–water partition coefficient (Wildman–Crippen LogP) is 2.41. The van der Waals surface area contributed by atoms with Crippen LogP contribution in [-0.4, -0.2) is 33.8 Å². The van der Waals surface area contributed by atoms with E-state index in [1.165, 1.54) is 11.3 Å². The number of hydrogen-bond donors (Lipinski definition) is 2. The summed E-state index contributed by atoms with van der Waals surface area (Å²) in [7, 11) is 0. The minimum atomic E-state index is -0.668. The van der Waals surface area contributed by atoms with Crippen molar-refractivity contribution in [2.75, 3.05) is 13.3 Å². The first-order valence-electron chi connectivity index (χ1n) is 10.6. The van der Waals surface area contributed by atoms with Gasteiger partial charge in [0.2, 0.25) is 6.79 Å². The average Bonchev–Trinajstić information content (AvgIpc) is 3.51. The lowest BCUT2D eigenvalue weighted by atomic mass is 10.2. The number of fused-ring (bicyclic) bond motifs is 1. The summed E-state index contributed by atoms with van der Waals surface area (Å²) in [5.74, 6) is 0.599. The molecular weight excluding hydrogens is 456 g/mol. The maximum Gasteiger partial charge on any atom is 0.328 e. The molecule has 172 valence electrons. The lowest BCUT2D eigenvalue weighted by molar-refractivity contribution is 0.0951. The highest BCUT2D eigenvalue weighted by molar-refractivity contribution is 7.13. The number of rotatable bonds is 7. The zero-order valence-electron chi connectivity index (χ0n) is 17.9. The number of H-pyrrole nitrogens is 1. The average molecular weight is 477 g/mol. The van der Waals surface area contributed by atoms with E-state index in [1.54, 1.807) is 18.2 Å². The Morgan fingerprint density at radius 1 is 1.12 bits per heavy atom. The molecule has 0 fully saturated rings. The summed E-state index contributed by atoms with van der Waals surface area (Å²) in [5.41, 5.74) is 1.16. The van der Waals surface area contributed by atoms with Crippen molar-refractivity contribution < 1.29 is 14.3 Å². The van der Waals surface area contributed by atoms with Crippen LogP contribution in [-0.2, 0) is 13.0 Å². The highest BCUT2D eigenvalue weighted by atomic mass is 32.1. The maximum absolute atomic E-state index is 12.9. The number of thiazole rings is 1. The van der Waals surface area contributed by atoms with Crippen molar-refractivity contribution in [3.8, 4) is 22.1 Å². The molecule has 9 nitrogen and oxygen atoms in total. The van der Waals surface area contributed by atoms with E-state index in [0.29, 0.717) is 30.0 Å². The van der Waals surface area contributed by atoms with Gasteiger partial charge in [-0.25, -0.2) is 9.78 Å². The Morgan fingerprint density at radius 2 is 1.94 bits per heavy atom. The van der Waals surface area contributed by atoms with E-state index in [-0.39, 0.29) is 18.9 Å². The van der Waals surface area contributed by atoms with Crippen LogP contribution in [0.4, 0.5) is 0 Å². The molecule has 0 atom stereocenters. The van der Waals surface area contributed by atoms with E-state index in [0.717, 1.165) is 27.0 Å². The fourth-order valence-electron chi connectivity index (χ4n) is 3.57. The largest absolute Gasteiger partial charge is 0.454 e. The molecule has 0 radical (unpaired) electrons. The molecule has 10 heteroatoms. The first-order valence-corrected chi connectivity index (χ1v) is 11.5. The SMILES string of the molecule is O=C(NCCc1csc(-c2ccccc2)n1)c1c[nH]c(=O)n(Cc2ccc3c(c2)OCO3)c1=O. The van der Waals surface area contributed by atoms with E-state index >= 15 is 0 Å². The first kappa shape index (κ1) is 21.7. The number of benzene rings is 2. The topological polar surface area (TPSA) is 115 Å². The molecule has 3 heterocycles. The van der Waals surface area contributed by atoms with E-state index < -0.39 is 17.2 Å². The van der Waals surface area contributed by atoms with Gasteiger partial charge in [0, 0.05) is 30.1 Å². The molecule has 0 saturated carbocycles. The molecule has 1 aliphatic heterocycles. The third-order valence-corrected chi connectivity index (χ3v) is 6.26. The molecule has 0 unspecified atom stereocenters. The molecule has 2 aromatic carbocycles. The minimum Gasteiger partial charge on any atom is -0.454 e. The summed E-state index contributed by atoms with van der Waals surface area (Å²) in [6, 6.07) is 15.0. The van der Waals surface area contributed by atoms with Gasteiger partial charge in [0.1, 0.15) is 10.6 Å². The molecule has 0 spiro atoms. The molecular formula is C24H20N4O5S. The predicted molar refractivity (Wildman–Crippen MR) is 127 cm³/mol. The van der Waals surface area contributed by atoms with Gasteiger partial charge in [0.25, 0.3) is 11.5 Å². The van der Waals surface area contributed by atoms with E-state index in [4.69, 9.17) is 9.47 Å². The third-order valence-electron chi connectivity index (χ3n) is 5.32. The smallest absolute Gasteiger partial charge is 0.328 e. The number of aromatic amines is 1. The molecule has 1 amide bonds. The lowest BCUT2D eigenvalue weighted by Gasteiger charge is -2.08. The van der Waals surface area contributed by atoms with Gasteiger partial charge < -0.3 is 19.8 Å². The highest BCUT2D eigenvalue weighted by Crippen LogP contribution is 2.32. The van der Waals surface area contributed by atoms with Crippen molar-refractivity contribution >= 4 is 17.2 Å². The molecule has 34 heavy (non-hydrogen) atoms. The molecule has 2 N–H and O–H groups in total. The zero-order chi connectivity index (χ0) is 23.5. The maximum atomic E-state index is 12.9. The van der Waals surface area contributed by atoms with Gasteiger partial charge in [-0.15, -0.1) is 11.3 Å². The van der Waals surface area contributed by atoms with Gasteiger partial charge >= 0.3 is 5.69 Å². The first-order chi connectivity index (χ1) is 16.6. The number of carbonyl (C=O) groups is 1. The standard InChI is InChI=1S/C24H20N4O5S/c29-21(25-9-8-17-13-34-22(27-17)16-4-2-1-3-5-16)18-11-26-24(31)28(23(18)30)12-15-6-7-19-20(10-15)33-14-32-19/h1-7,10-11,13H,8-9,12,14H2,(H,25,29)(H,26,31). The summed E-state index contributed by atoms with van der Waals surface area (Å²) in [4.78, 5) is 44.9. The Labute approximate surface area is 197 Å². The number of amides is 1. The van der Waals surface area contributed by atoms with Gasteiger partial charge in [0.15, 0.2) is 11.5 Å². The van der Waals surface area contributed by atoms with Gasteiger partial charge in [-0.2, -0.15) is 0 Å². The van der Waals surface area contributed by atoms with Gasteiger partial charge in [-0.1, -0.05) is 36.4 Å². The van der Waals surface area contributed by atoms with Crippen LogP contribution in [0.1, 0.15) is 21.6 Å². The second-order valence-electron chi connectivity index (χ2n) is 7.60. The number of hydrogen-bond acceptors (Lipinski definition) is 7. The van der Waals surface area contributed by atoms with Crippen molar-refractivity contribution in [2.24, 2.45) is 0 Å². The number of nitrogens with one attached hydrogen (secondary N) is 2. The molecule has 2 aromatic heterocycles. The Kier molecular flexibility index (Phi) is 5.96. The Hall–Kier alpha value is -4.18. The van der Waals surface area contributed by atoms with Crippen LogP contribution in [0.3, 0.4) is 0 Å². The Bertz CT molecular complexity index is 1460. The van der Waals surface area contributed by atoms with Crippen LogP contribution in [0, 0.1) is 0 Å². The normalized spacial score (nSPS) is 12.0. The van der Waals surface area contributed by atoms with Crippen molar-refractivity contribution in [3.63, 3.8) is 0 Å². The number of nitrogens with zero attached hydrogens (tertiary/aromatic N) is 2. The lowest BCUT2D eigenvalue weighted by Crippen LogP contribution is -2.41. The van der Waals surface area contributed by atoms with Crippen molar-refractivity contribution in [2.45, 2.75) is 13.0 Å². The van der Waals surface area contributed by atoms with E-state index in [1.807, 2.05) is 35.7 Å². The van der Waals surface area contributed by atoms with Crippen molar-refractivity contribution in [1.29, 1.82) is 0 Å². The summed E-state index contributed by atoms with van der Waals surface area (Å²) in [6.45, 7) is 0.425. The van der Waals surface area contributed by atoms with E-state index in [9.17, 15) is 14.4 Å². The highest BCUT2D eigenvalue weighted by Gasteiger charge is 2.17. The Balaban J connectivity index is 1.25. The molecule has 4 aromatic rings. The van der Waals surface area contributed by atoms with Crippen LogP contribution < -0.4 is 26.0 Å². The van der Waals surface area contributed by atoms with Crippen LogP contribution in [0.15, 0.2) is 69.7 Å². The second-order valence-corrected chi connectivity index (χ2v) is 8.46. The molecule has 1 aliphatic rings. The quantitative estimate of drug-likeness (QED) is 0.423. The van der Waals surface area contributed by atoms with Crippen LogP contribution >= 0.6 is 11.3 Å². The van der Waals surface area contributed by atoms with Gasteiger partial charge in [-0.3, -0.25) is 14.2 Å². The Morgan fingerprint density at radius 3 is 2.79 bits per heavy atom. The number of carbonyl (C=O) groups excluding carboxylic acids is 1. The number of ether oxygens (including phenoxy) is 2. The van der Waals surface area contributed by atoms with Crippen LogP contribution in [0.2, 0.25) is 0 Å². The van der Waals surface area contributed by atoms with Crippen molar-refractivity contribution in [1.82, 2.24) is 19.9 Å². The summed E-state index contributed by atoms with van der Waals surface area (Å²) in [5, 5.41) is 5.60. The molecule has 0 bridgehead atoms. The third kappa shape index (κ3) is 4.48. The molecule has 0 aliphatic carbocycles. The van der Waals surface area contributed by atoms with E-state index in [2.05, 4.69) is 15.3 Å². The fraction of sp³-hybridized carbons (Fsp3) is 0.167. The van der Waals surface area contributed by atoms with Gasteiger partial charge in [0.05, 0.1) is 12.2 Å². The zero-order valence-corrected chi connectivity index (χ0v) is 18.8. The van der Waals surface area contributed by atoms with Crippen molar-refractivity contribution in [3.05, 3.63) is 97.8 Å². The van der Waals surface area contributed by atoms with Gasteiger partial charge in [-0.05, 0) is 17.7 Å². The summed E-state index contributed by atoms with van der Waals surface area (Å²) >= 11 is 1.54. The summed E-state index contributed by atoms with van der Waals surface area (Å²) in [6.07, 6.45) is 1.66. The van der Waals surface area contributed by atoms with Crippen LogP contribution in [0.5, 0.6) is 11.5 Å². The second kappa shape index (κ2) is 9.36.